The van der Waals surface area contributed by atoms with Crippen LogP contribution in [0.4, 0.5) is 4.39 Å². The van der Waals surface area contributed by atoms with Gasteiger partial charge in [-0.25, -0.2) is 4.39 Å². The largest absolute Gasteiger partial charge is 0.495 e. The van der Waals surface area contributed by atoms with Gasteiger partial charge in [-0.1, -0.05) is 0 Å². The summed E-state index contributed by atoms with van der Waals surface area (Å²) < 4.78 is 17.8. The molecule has 1 rings (SSSR count). The van der Waals surface area contributed by atoms with Gasteiger partial charge >= 0.3 is 0 Å². The molecule has 0 spiro atoms. The van der Waals surface area contributed by atoms with Gasteiger partial charge in [-0.15, -0.1) is 0 Å². The molecule has 0 N–H and O–H groups in total. The lowest BCUT2D eigenvalue weighted by atomic mass is 10.1. The fourth-order valence-corrected chi connectivity index (χ4v) is 0.911. The molecule has 2 nitrogen and oxygen atoms in total. The van der Waals surface area contributed by atoms with Crippen LogP contribution in [0.3, 0.4) is 0 Å². The molecular weight excluding hydrogens is 157 g/mol. The third-order valence-corrected chi connectivity index (χ3v) is 1.60. The first kappa shape index (κ1) is 8.54. The van der Waals surface area contributed by atoms with Crippen LogP contribution >= 0.6 is 0 Å². The Balaban J connectivity index is 3.31. The molecule has 3 heteroatoms. The number of rotatable bonds is 1. The number of hydrogen-bond acceptors (Lipinski definition) is 2. The molecule has 0 unspecified atom stereocenters. The molecule has 0 aliphatic carbocycles. The minimum atomic E-state index is -0.382. The van der Waals surface area contributed by atoms with Crippen molar-refractivity contribution in [1.82, 2.24) is 0 Å². The zero-order chi connectivity index (χ0) is 9.14. The minimum Gasteiger partial charge on any atom is -0.495 e. The summed E-state index contributed by atoms with van der Waals surface area (Å²) in [4.78, 5) is 0. The smallest absolute Gasteiger partial charge is 0.137 e. The number of ether oxygens (including phenoxy) is 1. The summed E-state index contributed by atoms with van der Waals surface area (Å²) in [7, 11) is 1.45. The summed E-state index contributed by atoms with van der Waals surface area (Å²) in [6.07, 6.45) is 0. The second kappa shape index (κ2) is 3.22. The van der Waals surface area contributed by atoms with Gasteiger partial charge in [-0.2, -0.15) is 5.26 Å². The second-order valence-corrected chi connectivity index (χ2v) is 2.41. The van der Waals surface area contributed by atoms with Crippen LogP contribution in [-0.4, -0.2) is 7.11 Å². The third-order valence-electron chi connectivity index (χ3n) is 1.60. The summed E-state index contributed by atoms with van der Waals surface area (Å²) in [5, 5.41) is 8.57. The van der Waals surface area contributed by atoms with Crippen molar-refractivity contribution in [3.63, 3.8) is 0 Å². The Hall–Kier alpha value is -1.56. The van der Waals surface area contributed by atoms with Crippen molar-refractivity contribution in [2.45, 2.75) is 6.92 Å². The molecule has 0 heterocycles. The van der Waals surface area contributed by atoms with Crippen LogP contribution in [0, 0.1) is 24.1 Å². The van der Waals surface area contributed by atoms with E-state index in [1.165, 1.54) is 19.2 Å². The molecule has 0 saturated heterocycles. The Kier molecular flexibility index (Phi) is 2.29. The van der Waals surface area contributed by atoms with Crippen molar-refractivity contribution in [3.8, 4) is 11.8 Å². The highest BCUT2D eigenvalue weighted by Crippen LogP contribution is 2.21. The molecule has 0 bridgehead atoms. The van der Waals surface area contributed by atoms with Crippen molar-refractivity contribution >= 4 is 0 Å². The number of halogens is 1. The first-order valence-corrected chi connectivity index (χ1v) is 3.43. The zero-order valence-electron chi connectivity index (χ0n) is 6.89. The lowest BCUT2D eigenvalue weighted by Gasteiger charge is -2.03. The Morgan fingerprint density at radius 2 is 2.17 bits per heavy atom. The molecule has 0 saturated carbocycles. The predicted molar refractivity (Wildman–Crippen MR) is 42.4 cm³/mol. The first-order chi connectivity index (χ1) is 5.69. The van der Waals surface area contributed by atoms with E-state index < -0.39 is 0 Å². The van der Waals surface area contributed by atoms with Crippen LogP contribution in [-0.2, 0) is 0 Å². The third kappa shape index (κ3) is 1.37. The maximum atomic E-state index is 12.9. The fraction of sp³-hybridized carbons (Fsp3) is 0.222. The molecule has 0 aliphatic heterocycles. The summed E-state index contributed by atoms with van der Waals surface area (Å²) >= 11 is 0. The number of nitriles is 1. The minimum absolute atomic E-state index is 0.223. The molecule has 0 fully saturated rings. The van der Waals surface area contributed by atoms with Crippen LogP contribution in [0.15, 0.2) is 12.1 Å². The Labute approximate surface area is 70.2 Å². The van der Waals surface area contributed by atoms with Crippen molar-refractivity contribution in [2.75, 3.05) is 7.11 Å². The lowest BCUT2D eigenvalue weighted by Crippen LogP contribution is -1.91. The molecule has 12 heavy (non-hydrogen) atoms. The van der Waals surface area contributed by atoms with Crippen molar-refractivity contribution in [2.24, 2.45) is 0 Å². The summed E-state index contributed by atoms with van der Waals surface area (Å²) in [5.74, 6) is 0.0313. The van der Waals surface area contributed by atoms with E-state index in [0.717, 1.165) is 0 Å². The number of aryl methyl sites for hydroxylation is 1. The molecule has 0 radical (unpaired) electrons. The van der Waals surface area contributed by atoms with E-state index in [2.05, 4.69) is 0 Å². The summed E-state index contributed by atoms with van der Waals surface area (Å²) in [6, 6.07) is 4.53. The summed E-state index contributed by atoms with van der Waals surface area (Å²) in [6.45, 7) is 1.62. The second-order valence-electron chi connectivity index (χ2n) is 2.41. The van der Waals surface area contributed by atoms with E-state index in [1.54, 1.807) is 6.92 Å². The van der Waals surface area contributed by atoms with Gasteiger partial charge in [0, 0.05) is 0 Å². The average Bonchev–Trinajstić information content (AvgIpc) is 2.09. The Morgan fingerprint density at radius 1 is 1.50 bits per heavy atom. The number of benzene rings is 1. The SMILES string of the molecule is COc1cc(C)c(F)cc1C#N. The van der Waals surface area contributed by atoms with Crippen LogP contribution in [0.2, 0.25) is 0 Å². The van der Waals surface area contributed by atoms with Crippen LogP contribution in [0.1, 0.15) is 11.1 Å². The van der Waals surface area contributed by atoms with Crippen LogP contribution < -0.4 is 4.74 Å². The van der Waals surface area contributed by atoms with Gasteiger partial charge in [0.1, 0.15) is 17.6 Å². The maximum Gasteiger partial charge on any atom is 0.137 e. The molecular formula is C9H8FNO. The predicted octanol–water partition coefficient (Wildman–Crippen LogP) is 2.01. The van der Waals surface area contributed by atoms with Crippen LogP contribution in [0.25, 0.3) is 0 Å². The Bertz CT molecular complexity index is 341. The highest BCUT2D eigenvalue weighted by atomic mass is 19.1. The van der Waals surface area contributed by atoms with E-state index in [-0.39, 0.29) is 11.4 Å². The molecule has 62 valence electrons. The quantitative estimate of drug-likeness (QED) is 0.637. The van der Waals surface area contributed by atoms with Gasteiger partial charge in [0.05, 0.1) is 12.7 Å². The number of hydrogen-bond donors (Lipinski definition) is 0. The fourth-order valence-electron chi connectivity index (χ4n) is 0.911. The van der Waals surface area contributed by atoms with Gasteiger partial charge < -0.3 is 4.74 Å². The highest BCUT2D eigenvalue weighted by molar-refractivity contribution is 5.45. The highest BCUT2D eigenvalue weighted by Gasteiger charge is 2.06. The van der Waals surface area contributed by atoms with Gasteiger partial charge in [0.25, 0.3) is 0 Å². The van der Waals surface area contributed by atoms with Crippen LogP contribution in [0.5, 0.6) is 5.75 Å². The Morgan fingerprint density at radius 3 is 2.67 bits per heavy atom. The molecule has 0 aromatic heterocycles. The van der Waals surface area contributed by atoms with E-state index in [4.69, 9.17) is 10.00 Å². The van der Waals surface area contributed by atoms with E-state index in [9.17, 15) is 4.39 Å². The van der Waals surface area contributed by atoms with Crippen molar-refractivity contribution < 1.29 is 9.13 Å². The lowest BCUT2D eigenvalue weighted by molar-refractivity contribution is 0.411. The molecule has 1 aromatic carbocycles. The van der Waals surface area contributed by atoms with Gasteiger partial charge in [-0.05, 0) is 24.6 Å². The molecule has 0 atom stereocenters. The summed E-state index contributed by atoms with van der Waals surface area (Å²) in [5.41, 5.74) is 0.700. The topological polar surface area (TPSA) is 33.0 Å². The van der Waals surface area contributed by atoms with E-state index in [1.807, 2.05) is 6.07 Å². The molecule has 0 amide bonds. The average molecular weight is 165 g/mol. The van der Waals surface area contributed by atoms with Gasteiger partial charge in [0.2, 0.25) is 0 Å². The normalized spacial score (nSPS) is 9.17. The van der Waals surface area contributed by atoms with Crippen molar-refractivity contribution in [3.05, 3.63) is 29.1 Å². The maximum absolute atomic E-state index is 12.9. The monoisotopic (exact) mass is 165 g/mol. The van der Waals surface area contributed by atoms with Crippen molar-refractivity contribution in [1.29, 1.82) is 5.26 Å². The number of nitrogens with zero attached hydrogens (tertiary/aromatic N) is 1. The standard InChI is InChI=1S/C9H8FNO/c1-6-3-9(12-2)7(5-11)4-8(6)10/h3-4H,1-2H3. The van der Waals surface area contributed by atoms with Gasteiger partial charge in [-0.3, -0.25) is 0 Å². The molecule has 0 aliphatic rings. The van der Waals surface area contributed by atoms with E-state index in [0.29, 0.717) is 11.3 Å². The first-order valence-electron chi connectivity index (χ1n) is 3.43. The zero-order valence-corrected chi connectivity index (χ0v) is 6.89. The van der Waals surface area contributed by atoms with E-state index >= 15 is 0 Å². The molecule has 1 aromatic rings. The van der Waals surface area contributed by atoms with Gasteiger partial charge in [0.15, 0.2) is 0 Å². The number of methoxy groups -OCH3 is 1.